The molecule has 0 aromatic heterocycles. The second kappa shape index (κ2) is 5.13. The third kappa shape index (κ3) is 2.37. The predicted molar refractivity (Wildman–Crippen MR) is 72.2 cm³/mol. The van der Waals surface area contributed by atoms with Gasteiger partial charge in [-0.3, -0.25) is 0 Å². The molecular weight excluding hydrogens is 325 g/mol. The van der Waals surface area contributed by atoms with E-state index >= 15 is 0 Å². The van der Waals surface area contributed by atoms with E-state index in [9.17, 15) is 0 Å². The molecule has 7 heteroatoms. The molecular formula is C7H3Cl5S2. The molecule has 0 fully saturated rings. The van der Waals surface area contributed by atoms with Gasteiger partial charge in [-0.25, -0.2) is 0 Å². The first-order chi connectivity index (χ1) is 6.37. The second-order valence-electron chi connectivity index (χ2n) is 2.36. The Bertz CT molecular complexity index is 348. The quantitative estimate of drug-likeness (QED) is 0.276. The Kier molecular flexibility index (Phi) is 4.93. The molecule has 0 N–H and O–H groups in total. The highest BCUT2D eigenvalue weighted by Crippen LogP contribution is 2.47. The lowest BCUT2D eigenvalue weighted by atomic mass is 10.2. The Hall–Kier alpha value is 1.37. The minimum absolute atomic E-state index is 0.134. The van der Waals surface area contributed by atoms with Crippen molar-refractivity contribution < 1.29 is 0 Å². The van der Waals surface area contributed by atoms with Gasteiger partial charge in [0, 0.05) is 5.56 Å². The van der Waals surface area contributed by atoms with Crippen molar-refractivity contribution in [2.75, 3.05) is 0 Å². The van der Waals surface area contributed by atoms with Crippen molar-refractivity contribution in [3.05, 3.63) is 30.7 Å². The van der Waals surface area contributed by atoms with E-state index in [1.807, 2.05) is 0 Å². The van der Waals surface area contributed by atoms with Gasteiger partial charge in [-0.1, -0.05) is 58.0 Å². The van der Waals surface area contributed by atoms with E-state index in [0.717, 1.165) is 0 Å². The number of thiol groups is 2. The van der Waals surface area contributed by atoms with E-state index < -0.39 is 4.58 Å². The minimum atomic E-state index is -0.470. The topological polar surface area (TPSA) is 0 Å². The maximum Gasteiger partial charge on any atom is 0.0809 e. The molecule has 0 spiro atoms. The number of rotatable bonds is 1. The summed E-state index contributed by atoms with van der Waals surface area (Å²) >= 11 is 37.4. The summed E-state index contributed by atoms with van der Waals surface area (Å²) in [4.78, 5) is 0. The van der Waals surface area contributed by atoms with Crippen LogP contribution in [0.5, 0.6) is 0 Å². The smallest absolute Gasteiger partial charge is 0.0809 e. The molecule has 0 saturated carbocycles. The third-order valence-corrected chi connectivity index (χ3v) is 4.32. The summed E-state index contributed by atoms with van der Waals surface area (Å²) in [6.07, 6.45) is 0. The van der Waals surface area contributed by atoms with Crippen molar-refractivity contribution in [3.8, 4) is 0 Å². The molecule has 0 aliphatic rings. The van der Waals surface area contributed by atoms with Crippen molar-refractivity contribution in [3.63, 3.8) is 0 Å². The lowest BCUT2D eigenvalue weighted by molar-refractivity contribution is 1.40. The van der Waals surface area contributed by atoms with Gasteiger partial charge >= 0.3 is 0 Å². The Balaban J connectivity index is 3.60. The van der Waals surface area contributed by atoms with E-state index in [0.29, 0.717) is 5.56 Å². The van der Waals surface area contributed by atoms with Crippen molar-refractivity contribution in [2.24, 2.45) is 0 Å². The molecule has 0 nitrogen and oxygen atoms in total. The fraction of sp³-hybridized carbons (Fsp3) is 0.143. The standard InChI is InChI=1S/C7H3Cl5S2/c8-2-1(7(13)14)3(9)5(11)6(12)4(2)10/h7,13-14H. The van der Waals surface area contributed by atoms with Crippen LogP contribution in [0.3, 0.4) is 0 Å². The molecule has 1 rings (SSSR count). The van der Waals surface area contributed by atoms with E-state index in [1.165, 1.54) is 0 Å². The molecule has 0 aliphatic carbocycles. The summed E-state index contributed by atoms with van der Waals surface area (Å²) in [6, 6.07) is 0. The molecule has 0 amide bonds. The van der Waals surface area contributed by atoms with Crippen LogP contribution in [0, 0.1) is 0 Å². The largest absolute Gasteiger partial charge is 0.160 e. The molecule has 0 saturated heterocycles. The van der Waals surface area contributed by atoms with Gasteiger partial charge in [0.2, 0.25) is 0 Å². The van der Waals surface area contributed by atoms with Gasteiger partial charge in [-0.05, 0) is 0 Å². The van der Waals surface area contributed by atoms with Crippen LogP contribution < -0.4 is 0 Å². The van der Waals surface area contributed by atoms with Crippen molar-refractivity contribution >= 4 is 83.3 Å². The predicted octanol–water partition coefficient (Wildman–Crippen LogP) is 5.81. The minimum Gasteiger partial charge on any atom is -0.160 e. The van der Waals surface area contributed by atoms with Crippen LogP contribution in [-0.4, -0.2) is 0 Å². The van der Waals surface area contributed by atoms with Gasteiger partial charge < -0.3 is 0 Å². The molecule has 0 aliphatic heterocycles. The Morgan fingerprint density at radius 3 is 1.21 bits per heavy atom. The molecule has 1 aromatic carbocycles. The highest BCUT2D eigenvalue weighted by Gasteiger charge is 2.21. The summed E-state index contributed by atoms with van der Waals surface area (Å²) in [5.74, 6) is 0. The SMILES string of the molecule is SC(S)c1c(Cl)c(Cl)c(Cl)c(Cl)c1Cl. The van der Waals surface area contributed by atoms with Crippen LogP contribution in [0.1, 0.15) is 10.1 Å². The van der Waals surface area contributed by atoms with Crippen LogP contribution in [0.2, 0.25) is 25.1 Å². The normalized spacial score (nSPS) is 11.1. The lowest BCUT2D eigenvalue weighted by Crippen LogP contribution is -1.90. The van der Waals surface area contributed by atoms with Crippen molar-refractivity contribution in [1.29, 1.82) is 0 Å². The highest BCUT2D eigenvalue weighted by molar-refractivity contribution is 7.98. The molecule has 1 aromatic rings. The van der Waals surface area contributed by atoms with Gasteiger partial charge in [0.05, 0.1) is 29.7 Å². The van der Waals surface area contributed by atoms with Gasteiger partial charge in [0.1, 0.15) is 0 Å². The van der Waals surface area contributed by atoms with Crippen LogP contribution in [0.15, 0.2) is 0 Å². The highest BCUT2D eigenvalue weighted by atomic mass is 35.5. The number of benzene rings is 1. The first kappa shape index (κ1) is 13.4. The molecule has 0 radical (unpaired) electrons. The zero-order valence-electron chi connectivity index (χ0n) is 6.36. The van der Waals surface area contributed by atoms with Gasteiger partial charge in [-0.2, -0.15) is 25.3 Å². The zero-order chi connectivity index (χ0) is 11.0. The summed E-state index contributed by atoms with van der Waals surface area (Å²) in [5.41, 5.74) is 0.458. The van der Waals surface area contributed by atoms with E-state index in [-0.39, 0.29) is 25.1 Å². The van der Waals surface area contributed by atoms with E-state index in [1.54, 1.807) is 0 Å². The van der Waals surface area contributed by atoms with Crippen LogP contribution in [0.4, 0.5) is 0 Å². The van der Waals surface area contributed by atoms with Gasteiger partial charge in [0.25, 0.3) is 0 Å². The van der Waals surface area contributed by atoms with E-state index in [4.69, 9.17) is 58.0 Å². The average molecular weight is 328 g/mol. The molecule has 14 heavy (non-hydrogen) atoms. The number of hydrogen-bond donors (Lipinski definition) is 2. The Labute approximate surface area is 118 Å². The van der Waals surface area contributed by atoms with Crippen LogP contribution in [0.25, 0.3) is 0 Å². The fourth-order valence-corrected chi connectivity index (χ4v) is 3.04. The molecule has 0 bridgehead atoms. The maximum absolute atomic E-state index is 5.91. The molecule has 0 atom stereocenters. The molecule has 0 heterocycles. The monoisotopic (exact) mass is 326 g/mol. The van der Waals surface area contributed by atoms with Gasteiger partial charge in [0.15, 0.2) is 0 Å². The van der Waals surface area contributed by atoms with Crippen molar-refractivity contribution in [1.82, 2.24) is 0 Å². The average Bonchev–Trinajstić information content (AvgIpc) is 2.11. The lowest BCUT2D eigenvalue weighted by Gasteiger charge is -2.13. The summed E-state index contributed by atoms with van der Waals surface area (Å²) < 4.78 is -0.470. The fourth-order valence-electron chi connectivity index (χ4n) is 0.849. The van der Waals surface area contributed by atoms with Gasteiger partial charge in [-0.15, -0.1) is 0 Å². The number of hydrogen-bond acceptors (Lipinski definition) is 2. The number of halogens is 5. The summed E-state index contributed by atoms with van der Waals surface area (Å²) in [5, 5.41) is 0.896. The van der Waals surface area contributed by atoms with Crippen LogP contribution in [-0.2, 0) is 0 Å². The summed E-state index contributed by atoms with van der Waals surface area (Å²) in [6.45, 7) is 0. The van der Waals surface area contributed by atoms with Crippen molar-refractivity contribution in [2.45, 2.75) is 4.58 Å². The second-order valence-corrected chi connectivity index (χ2v) is 5.69. The first-order valence-corrected chi connectivity index (χ1v) is 6.17. The zero-order valence-corrected chi connectivity index (χ0v) is 11.9. The molecule has 0 unspecified atom stereocenters. The van der Waals surface area contributed by atoms with E-state index in [2.05, 4.69) is 25.3 Å². The third-order valence-electron chi connectivity index (χ3n) is 1.50. The first-order valence-electron chi connectivity index (χ1n) is 3.25. The van der Waals surface area contributed by atoms with Crippen LogP contribution >= 0.6 is 83.3 Å². The Morgan fingerprint density at radius 2 is 0.929 bits per heavy atom. The maximum atomic E-state index is 5.91. The summed E-state index contributed by atoms with van der Waals surface area (Å²) in [7, 11) is 0. The Morgan fingerprint density at radius 1 is 0.643 bits per heavy atom. The molecule has 78 valence electrons.